The second kappa shape index (κ2) is 6.02. The van der Waals surface area contributed by atoms with Crippen molar-refractivity contribution in [3.05, 3.63) is 75.4 Å². The predicted octanol–water partition coefficient (Wildman–Crippen LogP) is 6.15. The molecular weight excluding hydrogens is 346 g/mol. The van der Waals surface area contributed by atoms with Gasteiger partial charge in [-0.3, -0.25) is 0 Å². The third-order valence-corrected chi connectivity index (χ3v) is 4.28. The fourth-order valence-electron chi connectivity index (χ4n) is 2.35. The summed E-state index contributed by atoms with van der Waals surface area (Å²) in [7, 11) is 0. The van der Waals surface area contributed by atoms with E-state index in [9.17, 15) is 13.2 Å². The first-order chi connectivity index (χ1) is 10.9. The first-order valence-corrected chi connectivity index (χ1v) is 7.50. The Balaban J connectivity index is 1.98. The molecule has 0 N–H and O–H groups in total. The Hall–Kier alpha value is -1.78. The highest BCUT2D eigenvalue weighted by atomic mass is 35.5. The molecule has 23 heavy (non-hydrogen) atoms. The lowest BCUT2D eigenvalue weighted by molar-refractivity contribution is -0.137. The Bertz CT molecular complexity index is 858. The monoisotopic (exact) mass is 355 g/mol. The van der Waals surface area contributed by atoms with Gasteiger partial charge in [-0.1, -0.05) is 53.5 Å². The molecule has 0 amide bonds. The summed E-state index contributed by atoms with van der Waals surface area (Å²) < 4.78 is 37.8. The number of hydrogen-bond donors (Lipinski definition) is 0. The highest BCUT2D eigenvalue weighted by molar-refractivity contribution is 6.39. The van der Waals surface area contributed by atoms with Crippen molar-refractivity contribution in [2.45, 2.75) is 12.6 Å². The molecule has 0 fully saturated rings. The Kier molecular flexibility index (Phi) is 4.21. The molecule has 2 aromatic carbocycles. The second-order valence-corrected chi connectivity index (χ2v) is 5.82. The molecule has 0 radical (unpaired) electrons. The Morgan fingerprint density at radius 3 is 2.22 bits per heavy atom. The third-order valence-electron chi connectivity index (χ3n) is 3.54. The number of halogens is 5. The molecule has 0 atom stereocenters. The predicted molar refractivity (Wildman–Crippen MR) is 86.0 cm³/mol. The van der Waals surface area contributed by atoms with Crippen LogP contribution in [-0.4, -0.2) is 4.98 Å². The molecule has 1 heterocycles. The van der Waals surface area contributed by atoms with Crippen LogP contribution in [0, 0.1) is 0 Å². The quantitative estimate of drug-likeness (QED) is 0.502. The zero-order chi connectivity index (χ0) is 16.6. The van der Waals surface area contributed by atoms with Crippen LogP contribution in [0.1, 0.15) is 16.7 Å². The Labute approximate surface area is 140 Å². The molecule has 0 bridgehead atoms. The van der Waals surface area contributed by atoms with Crippen LogP contribution in [0.4, 0.5) is 13.2 Å². The standard InChI is InChI=1S/C17H10Cl2F3N/c18-15-12-3-1-2-4-14(12)23-16(19)13(15)9-10-5-7-11(8-6-10)17(20,21)22/h1-8H,9H2. The van der Waals surface area contributed by atoms with Crippen molar-refractivity contribution < 1.29 is 13.2 Å². The van der Waals surface area contributed by atoms with Gasteiger partial charge >= 0.3 is 6.18 Å². The van der Waals surface area contributed by atoms with E-state index in [0.717, 1.165) is 17.5 Å². The Morgan fingerprint density at radius 2 is 1.57 bits per heavy atom. The molecule has 0 unspecified atom stereocenters. The maximum Gasteiger partial charge on any atom is 0.416 e. The van der Waals surface area contributed by atoms with Gasteiger partial charge in [0.1, 0.15) is 5.15 Å². The summed E-state index contributed by atoms with van der Waals surface area (Å²) in [5.74, 6) is 0. The summed E-state index contributed by atoms with van der Waals surface area (Å²) in [4.78, 5) is 4.29. The first-order valence-electron chi connectivity index (χ1n) is 6.75. The summed E-state index contributed by atoms with van der Waals surface area (Å²) in [5.41, 5.74) is 1.28. The lowest BCUT2D eigenvalue weighted by Gasteiger charge is -2.11. The maximum atomic E-state index is 12.6. The molecule has 0 aliphatic carbocycles. The van der Waals surface area contributed by atoms with E-state index in [1.54, 1.807) is 6.07 Å². The normalized spacial score (nSPS) is 11.9. The van der Waals surface area contributed by atoms with E-state index in [-0.39, 0.29) is 5.15 Å². The number of aromatic nitrogens is 1. The van der Waals surface area contributed by atoms with Crippen LogP contribution in [0.5, 0.6) is 0 Å². The molecule has 118 valence electrons. The van der Waals surface area contributed by atoms with Crippen LogP contribution in [-0.2, 0) is 12.6 Å². The molecule has 0 saturated carbocycles. The van der Waals surface area contributed by atoms with E-state index in [1.165, 1.54) is 12.1 Å². The minimum absolute atomic E-state index is 0.258. The van der Waals surface area contributed by atoms with E-state index < -0.39 is 11.7 Å². The summed E-state index contributed by atoms with van der Waals surface area (Å²) in [6.07, 6.45) is -4.04. The Morgan fingerprint density at radius 1 is 0.913 bits per heavy atom. The molecule has 0 saturated heterocycles. The number of fused-ring (bicyclic) bond motifs is 1. The summed E-state index contributed by atoms with van der Waals surface area (Å²) in [6, 6.07) is 12.2. The average molecular weight is 356 g/mol. The van der Waals surface area contributed by atoms with Crippen LogP contribution < -0.4 is 0 Å². The minimum atomic E-state index is -4.35. The number of para-hydroxylation sites is 1. The second-order valence-electron chi connectivity index (χ2n) is 5.08. The van der Waals surface area contributed by atoms with Gasteiger partial charge in [-0.15, -0.1) is 0 Å². The van der Waals surface area contributed by atoms with Crippen molar-refractivity contribution in [1.82, 2.24) is 4.98 Å². The molecular formula is C17H10Cl2F3N. The van der Waals surface area contributed by atoms with Crippen LogP contribution in [0.2, 0.25) is 10.2 Å². The van der Waals surface area contributed by atoms with Crippen molar-refractivity contribution in [1.29, 1.82) is 0 Å². The van der Waals surface area contributed by atoms with Gasteiger partial charge in [0.15, 0.2) is 0 Å². The minimum Gasteiger partial charge on any atom is -0.236 e. The summed E-state index contributed by atoms with van der Waals surface area (Å²) >= 11 is 12.6. The fourth-order valence-corrected chi connectivity index (χ4v) is 2.97. The fraction of sp³-hybridized carbons (Fsp3) is 0.118. The van der Waals surface area contributed by atoms with Gasteiger partial charge in [0.05, 0.1) is 16.1 Å². The topological polar surface area (TPSA) is 12.9 Å². The molecule has 3 rings (SSSR count). The van der Waals surface area contributed by atoms with Crippen LogP contribution >= 0.6 is 23.2 Å². The van der Waals surface area contributed by atoms with Crippen molar-refractivity contribution in [2.75, 3.05) is 0 Å². The van der Waals surface area contributed by atoms with Crippen molar-refractivity contribution in [3.8, 4) is 0 Å². The highest BCUT2D eigenvalue weighted by Gasteiger charge is 2.30. The van der Waals surface area contributed by atoms with Crippen molar-refractivity contribution in [3.63, 3.8) is 0 Å². The molecule has 0 aliphatic heterocycles. The van der Waals surface area contributed by atoms with E-state index in [1.807, 2.05) is 18.2 Å². The maximum absolute atomic E-state index is 12.6. The van der Waals surface area contributed by atoms with Gasteiger partial charge in [0.25, 0.3) is 0 Å². The largest absolute Gasteiger partial charge is 0.416 e. The van der Waals surface area contributed by atoms with Gasteiger partial charge in [-0.05, 0) is 23.8 Å². The smallest absolute Gasteiger partial charge is 0.236 e. The first kappa shape index (κ1) is 16.1. The van der Waals surface area contributed by atoms with E-state index in [4.69, 9.17) is 23.2 Å². The van der Waals surface area contributed by atoms with Gasteiger partial charge in [0.2, 0.25) is 0 Å². The molecule has 0 spiro atoms. The molecule has 6 heteroatoms. The number of alkyl halides is 3. The van der Waals surface area contributed by atoms with Crippen LogP contribution in [0.3, 0.4) is 0 Å². The summed E-state index contributed by atoms with van der Waals surface area (Å²) in [5, 5.41) is 1.49. The molecule has 3 aromatic rings. The average Bonchev–Trinajstić information content (AvgIpc) is 2.51. The molecule has 1 nitrogen and oxygen atoms in total. The molecule has 0 aliphatic rings. The van der Waals surface area contributed by atoms with E-state index >= 15 is 0 Å². The number of pyridine rings is 1. The lowest BCUT2D eigenvalue weighted by Crippen LogP contribution is -2.04. The van der Waals surface area contributed by atoms with Gasteiger partial charge in [0, 0.05) is 17.4 Å². The van der Waals surface area contributed by atoms with E-state index in [2.05, 4.69) is 4.98 Å². The number of rotatable bonds is 2. The number of benzene rings is 2. The highest BCUT2D eigenvalue weighted by Crippen LogP contribution is 2.33. The van der Waals surface area contributed by atoms with E-state index in [0.29, 0.717) is 28.1 Å². The third kappa shape index (κ3) is 3.28. The van der Waals surface area contributed by atoms with Crippen LogP contribution in [0.15, 0.2) is 48.5 Å². The van der Waals surface area contributed by atoms with Crippen molar-refractivity contribution >= 4 is 34.1 Å². The van der Waals surface area contributed by atoms with Gasteiger partial charge < -0.3 is 0 Å². The zero-order valence-electron chi connectivity index (χ0n) is 11.7. The number of hydrogen-bond acceptors (Lipinski definition) is 1. The summed E-state index contributed by atoms with van der Waals surface area (Å²) in [6.45, 7) is 0. The van der Waals surface area contributed by atoms with Gasteiger partial charge in [-0.2, -0.15) is 13.2 Å². The zero-order valence-corrected chi connectivity index (χ0v) is 13.2. The molecule has 1 aromatic heterocycles. The number of nitrogens with zero attached hydrogens (tertiary/aromatic N) is 1. The van der Waals surface area contributed by atoms with Gasteiger partial charge in [-0.25, -0.2) is 4.98 Å². The SMILES string of the molecule is FC(F)(F)c1ccc(Cc2c(Cl)nc3ccccc3c2Cl)cc1. The lowest BCUT2D eigenvalue weighted by atomic mass is 10.0. The van der Waals surface area contributed by atoms with Crippen molar-refractivity contribution in [2.24, 2.45) is 0 Å². The van der Waals surface area contributed by atoms with Crippen LogP contribution in [0.25, 0.3) is 10.9 Å².